The second-order valence-corrected chi connectivity index (χ2v) is 5.10. The lowest BCUT2D eigenvalue weighted by molar-refractivity contribution is 0.101. The molecular formula is C18H11N3O2. The Morgan fingerprint density at radius 1 is 1.09 bits per heavy atom. The van der Waals surface area contributed by atoms with Crippen LogP contribution in [0.1, 0.15) is 28.4 Å². The molecule has 0 spiro atoms. The topological polar surface area (TPSA) is 89.8 Å². The van der Waals surface area contributed by atoms with E-state index in [1.165, 1.54) is 19.1 Å². The number of nitrogens with zero attached hydrogens (tertiary/aromatic N) is 3. The molecule has 3 rings (SSSR count). The average Bonchev–Trinajstić information content (AvgIpc) is 2.86. The lowest BCUT2D eigenvalue weighted by atomic mass is 10.00. The molecule has 5 nitrogen and oxygen atoms in total. The molecule has 2 aromatic carbocycles. The fourth-order valence-corrected chi connectivity index (χ4v) is 2.72. The van der Waals surface area contributed by atoms with Crippen LogP contribution >= 0.6 is 0 Å². The summed E-state index contributed by atoms with van der Waals surface area (Å²) in [7, 11) is 0. The van der Waals surface area contributed by atoms with Gasteiger partial charge in [-0.05, 0) is 19.1 Å². The van der Waals surface area contributed by atoms with Crippen LogP contribution in [0.15, 0.2) is 42.5 Å². The molecule has 0 radical (unpaired) electrons. The molecule has 1 aromatic heterocycles. The number of hydrogen-bond acceptors (Lipinski definition) is 4. The van der Waals surface area contributed by atoms with Gasteiger partial charge in [0.2, 0.25) is 0 Å². The van der Waals surface area contributed by atoms with Gasteiger partial charge in [0, 0.05) is 10.9 Å². The molecule has 0 saturated heterocycles. The van der Waals surface area contributed by atoms with E-state index < -0.39 is 0 Å². The lowest BCUT2D eigenvalue weighted by Crippen LogP contribution is -1.98. The van der Waals surface area contributed by atoms with Crippen molar-refractivity contribution >= 4 is 16.7 Å². The van der Waals surface area contributed by atoms with Crippen molar-refractivity contribution in [3.05, 3.63) is 59.2 Å². The molecule has 0 aliphatic rings. The Labute approximate surface area is 132 Å². The molecule has 23 heavy (non-hydrogen) atoms. The van der Waals surface area contributed by atoms with E-state index in [-0.39, 0.29) is 16.9 Å². The third-order valence-corrected chi connectivity index (χ3v) is 3.72. The van der Waals surface area contributed by atoms with Crippen LogP contribution in [-0.2, 0) is 0 Å². The summed E-state index contributed by atoms with van der Waals surface area (Å²) in [5, 5.41) is 29.3. The first-order chi connectivity index (χ1) is 11.1. The zero-order valence-corrected chi connectivity index (χ0v) is 12.2. The van der Waals surface area contributed by atoms with Crippen molar-refractivity contribution in [3.63, 3.8) is 0 Å². The Balaban J connectivity index is 2.49. The SMILES string of the molecule is CC(=O)c1c(-c2ccccc2)n(O)c2cc(C#N)c(C#N)cc12. The number of Topliss-reactive ketones (excluding diaryl/α,β-unsaturated/α-hetero) is 1. The third kappa shape index (κ3) is 2.12. The van der Waals surface area contributed by atoms with Crippen molar-refractivity contribution in [1.29, 1.82) is 10.5 Å². The van der Waals surface area contributed by atoms with Crippen LogP contribution in [0.25, 0.3) is 22.2 Å². The minimum Gasteiger partial charge on any atom is -0.428 e. The normalized spacial score (nSPS) is 10.2. The lowest BCUT2D eigenvalue weighted by Gasteiger charge is -2.04. The van der Waals surface area contributed by atoms with Crippen LogP contribution in [0.5, 0.6) is 0 Å². The van der Waals surface area contributed by atoms with Gasteiger partial charge in [0.15, 0.2) is 5.78 Å². The number of aromatic nitrogens is 1. The molecule has 0 aliphatic carbocycles. The minimum absolute atomic E-state index is 0.155. The van der Waals surface area contributed by atoms with E-state index in [1.807, 2.05) is 18.2 Å². The standard InChI is InChI=1S/C18H11N3O2/c1-11(22)17-15-7-13(9-19)14(10-20)8-16(15)21(23)18(17)12-5-3-2-4-6-12/h2-8,23H,1H3. The molecule has 0 bridgehead atoms. The number of benzene rings is 2. The number of ketones is 1. The summed E-state index contributed by atoms with van der Waals surface area (Å²) in [5.41, 5.74) is 2.01. The van der Waals surface area contributed by atoms with E-state index in [2.05, 4.69) is 0 Å². The highest BCUT2D eigenvalue weighted by atomic mass is 16.5. The van der Waals surface area contributed by atoms with Crippen LogP contribution in [0.4, 0.5) is 0 Å². The van der Waals surface area contributed by atoms with Crippen molar-refractivity contribution in [2.24, 2.45) is 0 Å². The summed E-state index contributed by atoms with van der Waals surface area (Å²) in [6.07, 6.45) is 0. The Morgan fingerprint density at radius 2 is 1.70 bits per heavy atom. The van der Waals surface area contributed by atoms with Crippen molar-refractivity contribution < 1.29 is 10.0 Å². The van der Waals surface area contributed by atoms with Crippen LogP contribution in [0.3, 0.4) is 0 Å². The van der Waals surface area contributed by atoms with Gasteiger partial charge in [0.25, 0.3) is 0 Å². The predicted octanol–water partition coefficient (Wildman–Crippen LogP) is 3.49. The third-order valence-electron chi connectivity index (χ3n) is 3.72. The highest BCUT2D eigenvalue weighted by Gasteiger charge is 2.23. The first-order valence-corrected chi connectivity index (χ1v) is 6.86. The summed E-state index contributed by atoms with van der Waals surface area (Å²) in [6, 6.07) is 15.8. The van der Waals surface area contributed by atoms with E-state index in [0.29, 0.717) is 27.7 Å². The van der Waals surface area contributed by atoms with Crippen LogP contribution in [0.2, 0.25) is 0 Å². The molecule has 0 fully saturated rings. The number of fused-ring (bicyclic) bond motifs is 1. The monoisotopic (exact) mass is 301 g/mol. The van der Waals surface area contributed by atoms with E-state index in [4.69, 9.17) is 5.26 Å². The Kier molecular flexibility index (Phi) is 3.33. The van der Waals surface area contributed by atoms with E-state index in [0.717, 1.165) is 4.73 Å². The molecular weight excluding hydrogens is 290 g/mol. The molecule has 0 unspecified atom stereocenters. The van der Waals surface area contributed by atoms with Crippen LogP contribution in [0, 0.1) is 22.7 Å². The summed E-state index contributed by atoms with van der Waals surface area (Å²) in [6.45, 7) is 1.41. The minimum atomic E-state index is -0.227. The molecule has 1 heterocycles. The van der Waals surface area contributed by atoms with Gasteiger partial charge in [-0.15, -0.1) is 0 Å². The van der Waals surface area contributed by atoms with E-state index in [1.54, 1.807) is 24.3 Å². The molecule has 0 amide bonds. The van der Waals surface area contributed by atoms with Gasteiger partial charge in [-0.2, -0.15) is 15.3 Å². The van der Waals surface area contributed by atoms with E-state index in [9.17, 15) is 15.3 Å². The van der Waals surface area contributed by atoms with Gasteiger partial charge >= 0.3 is 0 Å². The Bertz CT molecular complexity index is 1020. The smallest absolute Gasteiger partial charge is 0.162 e. The zero-order chi connectivity index (χ0) is 16.6. The highest BCUT2D eigenvalue weighted by molar-refractivity contribution is 6.13. The Hall–Kier alpha value is -3.57. The fourth-order valence-electron chi connectivity index (χ4n) is 2.72. The molecule has 0 aliphatic heterocycles. The van der Waals surface area contributed by atoms with Gasteiger partial charge < -0.3 is 5.21 Å². The summed E-state index contributed by atoms with van der Waals surface area (Å²) in [5.74, 6) is -0.227. The molecule has 5 heteroatoms. The largest absolute Gasteiger partial charge is 0.428 e. The maximum Gasteiger partial charge on any atom is 0.162 e. The average molecular weight is 301 g/mol. The van der Waals surface area contributed by atoms with Crippen LogP contribution in [-0.4, -0.2) is 15.7 Å². The molecule has 110 valence electrons. The summed E-state index contributed by atoms with van der Waals surface area (Å²) < 4.78 is 0.906. The van der Waals surface area contributed by atoms with Gasteiger partial charge in [0.05, 0.1) is 27.9 Å². The first kappa shape index (κ1) is 14.4. The maximum atomic E-state index is 12.1. The van der Waals surface area contributed by atoms with Gasteiger partial charge in [-0.25, -0.2) is 0 Å². The number of carbonyl (C=O) groups excluding carboxylic acids is 1. The number of hydrogen-bond donors (Lipinski definition) is 1. The number of rotatable bonds is 2. The van der Waals surface area contributed by atoms with E-state index >= 15 is 0 Å². The number of carbonyl (C=O) groups is 1. The van der Waals surface area contributed by atoms with Crippen molar-refractivity contribution in [1.82, 2.24) is 4.73 Å². The highest BCUT2D eigenvalue weighted by Crippen LogP contribution is 2.34. The van der Waals surface area contributed by atoms with Gasteiger partial charge in [-0.1, -0.05) is 30.3 Å². The molecule has 1 N–H and O–H groups in total. The maximum absolute atomic E-state index is 12.1. The summed E-state index contributed by atoms with van der Waals surface area (Å²) in [4.78, 5) is 12.1. The molecule has 3 aromatic rings. The number of nitriles is 2. The molecule has 0 atom stereocenters. The van der Waals surface area contributed by atoms with Crippen molar-refractivity contribution in [2.75, 3.05) is 0 Å². The summed E-state index contributed by atoms with van der Waals surface area (Å²) >= 11 is 0. The predicted molar refractivity (Wildman–Crippen MR) is 84.0 cm³/mol. The zero-order valence-electron chi connectivity index (χ0n) is 12.2. The van der Waals surface area contributed by atoms with Crippen LogP contribution < -0.4 is 0 Å². The second kappa shape index (κ2) is 5.32. The molecule has 0 saturated carbocycles. The van der Waals surface area contributed by atoms with Crippen molar-refractivity contribution in [3.8, 4) is 23.4 Å². The second-order valence-electron chi connectivity index (χ2n) is 5.10. The van der Waals surface area contributed by atoms with Gasteiger partial charge in [0.1, 0.15) is 12.1 Å². The Morgan fingerprint density at radius 3 is 2.26 bits per heavy atom. The van der Waals surface area contributed by atoms with Gasteiger partial charge in [-0.3, -0.25) is 4.79 Å². The van der Waals surface area contributed by atoms with Crippen molar-refractivity contribution in [2.45, 2.75) is 6.92 Å². The first-order valence-electron chi connectivity index (χ1n) is 6.86. The quantitative estimate of drug-likeness (QED) is 0.579. The fraction of sp³-hybridized carbons (Fsp3) is 0.0556.